The van der Waals surface area contributed by atoms with Crippen molar-refractivity contribution in [2.45, 2.75) is 13.5 Å². The van der Waals surface area contributed by atoms with Gasteiger partial charge in [0.05, 0.1) is 6.54 Å². The molecule has 7 heteroatoms. The molecule has 0 atom stereocenters. The fraction of sp³-hybridized carbons (Fsp3) is 0.333. The first-order valence-electron chi connectivity index (χ1n) is 5.89. The van der Waals surface area contributed by atoms with E-state index < -0.39 is 0 Å². The van der Waals surface area contributed by atoms with E-state index in [-0.39, 0.29) is 11.6 Å². The fourth-order valence-electron chi connectivity index (χ4n) is 1.69. The SMILES string of the molecule is CC(=O)NCCn1nc(-c2ccccn2)n(C)c1=O. The van der Waals surface area contributed by atoms with Gasteiger partial charge in [-0.3, -0.25) is 14.3 Å². The Labute approximate surface area is 109 Å². The monoisotopic (exact) mass is 261 g/mol. The number of carbonyl (C=O) groups excluding carboxylic acids is 1. The summed E-state index contributed by atoms with van der Waals surface area (Å²) in [5.41, 5.74) is 0.409. The highest BCUT2D eigenvalue weighted by atomic mass is 16.2. The second-order valence-electron chi connectivity index (χ2n) is 4.09. The minimum Gasteiger partial charge on any atom is -0.354 e. The van der Waals surface area contributed by atoms with Gasteiger partial charge in [0.2, 0.25) is 5.91 Å². The maximum atomic E-state index is 12.0. The maximum absolute atomic E-state index is 12.0. The van der Waals surface area contributed by atoms with E-state index in [0.29, 0.717) is 24.6 Å². The summed E-state index contributed by atoms with van der Waals surface area (Å²) < 4.78 is 2.76. The van der Waals surface area contributed by atoms with Crippen LogP contribution in [-0.2, 0) is 18.4 Å². The van der Waals surface area contributed by atoms with Crippen LogP contribution in [0.2, 0.25) is 0 Å². The number of carbonyl (C=O) groups is 1. The zero-order valence-electron chi connectivity index (χ0n) is 10.8. The number of nitrogens with zero attached hydrogens (tertiary/aromatic N) is 4. The average Bonchev–Trinajstić information content (AvgIpc) is 2.68. The van der Waals surface area contributed by atoms with Crippen molar-refractivity contribution in [3.05, 3.63) is 34.9 Å². The van der Waals surface area contributed by atoms with Crippen LogP contribution in [0.4, 0.5) is 0 Å². The van der Waals surface area contributed by atoms with Crippen LogP contribution in [0.25, 0.3) is 11.5 Å². The molecule has 2 heterocycles. The molecule has 0 aliphatic carbocycles. The van der Waals surface area contributed by atoms with E-state index in [4.69, 9.17) is 0 Å². The molecule has 2 aromatic heterocycles. The topological polar surface area (TPSA) is 81.8 Å². The molecular formula is C12H15N5O2. The average molecular weight is 261 g/mol. The first-order valence-corrected chi connectivity index (χ1v) is 5.89. The van der Waals surface area contributed by atoms with E-state index >= 15 is 0 Å². The highest BCUT2D eigenvalue weighted by Crippen LogP contribution is 2.09. The molecule has 0 aliphatic rings. The van der Waals surface area contributed by atoms with Crippen LogP contribution < -0.4 is 11.0 Å². The molecule has 7 nitrogen and oxygen atoms in total. The van der Waals surface area contributed by atoms with Crippen molar-refractivity contribution in [2.75, 3.05) is 6.54 Å². The van der Waals surface area contributed by atoms with E-state index in [1.165, 1.54) is 16.2 Å². The number of hydrogen-bond donors (Lipinski definition) is 1. The summed E-state index contributed by atoms with van der Waals surface area (Å²) in [7, 11) is 1.65. The largest absolute Gasteiger partial charge is 0.354 e. The van der Waals surface area contributed by atoms with Crippen LogP contribution >= 0.6 is 0 Å². The second kappa shape index (κ2) is 5.47. The molecule has 2 aromatic rings. The van der Waals surface area contributed by atoms with Gasteiger partial charge in [0.1, 0.15) is 5.69 Å². The first kappa shape index (κ1) is 13.0. The third-order valence-corrected chi connectivity index (χ3v) is 2.63. The molecule has 0 radical (unpaired) electrons. The van der Waals surface area contributed by atoms with E-state index in [2.05, 4.69) is 15.4 Å². The third kappa shape index (κ3) is 2.87. The van der Waals surface area contributed by atoms with Crippen molar-refractivity contribution < 1.29 is 4.79 Å². The van der Waals surface area contributed by atoms with Crippen molar-refractivity contribution in [2.24, 2.45) is 7.05 Å². The highest BCUT2D eigenvalue weighted by molar-refractivity contribution is 5.72. The molecule has 0 spiro atoms. The summed E-state index contributed by atoms with van der Waals surface area (Å²) in [5, 5.41) is 6.86. The number of rotatable bonds is 4. The lowest BCUT2D eigenvalue weighted by molar-refractivity contribution is -0.118. The second-order valence-corrected chi connectivity index (χ2v) is 4.09. The van der Waals surface area contributed by atoms with Crippen molar-refractivity contribution in [1.82, 2.24) is 24.6 Å². The molecule has 100 valence electrons. The van der Waals surface area contributed by atoms with Gasteiger partial charge in [-0.15, -0.1) is 5.10 Å². The Kier molecular flexibility index (Phi) is 3.74. The Morgan fingerprint density at radius 3 is 2.84 bits per heavy atom. The van der Waals surface area contributed by atoms with Crippen LogP contribution in [-0.4, -0.2) is 31.8 Å². The molecule has 0 saturated heterocycles. The van der Waals surface area contributed by atoms with Gasteiger partial charge in [-0.1, -0.05) is 6.07 Å². The van der Waals surface area contributed by atoms with Crippen LogP contribution in [0, 0.1) is 0 Å². The first-order chi connectivity index (χ1) is 9.09. The van der Waals surface area contributed by atoms with Crippen LogP contribution in [0.5, 0.6) is 0 Å². The Hall–Kier alpha value is -2.44. The number of aromatic nitrogens is 4. The molecule has 1 amide bonds. The summed E-state index contributed by atoms with van der Waals surface area (Å²) in [6, 6.07) is 5.43. The highest BCUT2D eigenvalue weighted by Gasteiger charge is 2.12. The summed E-state index contributed by atoms with van der Waals surface area (Å²) in [4.78, 5) is 26.9. The summed E-state index contributed by atoms with van der Waals surface area (Å²) in [5.74, 6) is 0.377. The van der Waals surface area contributed by atoms with E-state index in [0.717, 1.165) is 0 Å². The molecule has 0 fully saturated rings. The van der Waals surface area contributed by atoms with Gasteiger partial charge in [0.25, 0.3) is 0 Å². The Morgan fingerprint density at radius 1 is 1.42 bits per heavy atom. The zero-order chi connectivity index (χ0) is 13.8. The summed E-state index contributed by atoms with van der Waals surface area (Å²) in [6.45, 7) is 2.13. The predicted octanol–water partition coefficient (Wildman–Crippen LogP) is -0.220. The van der Waals surface area contributed by atoms with E-state index in [1.54, 1.807) is 25.4 Å². The van der Waals surface area contributed by atoms with Crippen molar-refractivity contribution in [1.29, 1.82) is 0 Å². The quantitative estimate of drug-likeness (QED) is 0.825. The molecule has 0 bridgehead atoms. The van der Waals surface area contributed by atoms with Crippen molar-refractivity contribution >= 4 is 5.91 Å². The molecule has 0 aliphatic heterocycles. The normalized spacial score (nSPS) is 10.4. The molecular weight excluding hydrogens is 246 g/mol. The smallest absolute Gasteiger partial charge is 0.346 e. The zero-order valence-corrected chi connectivity index (χ0v) is 10.8. The van der Waals surface area contributed by atoms with Crippen LogP contribution in [0.15, 0.2) is 29.2 Å². The lowest BCUT2D eigenvalue weighted by Gasteiger charge is -2.00. The van der Waals surface area contributed by atoms with Crippen LogP contribution in [0.1, 0.15) is 6.92 Å². The minimum absolute atomic E-state index is 0.131. The van der Waals surface area contributed by atoms with Gasteiger partial charge < -0.3 is 5.32 Å². The molecule has 0 aromatic carbocycles. The Morgan fingerprint density at radius 2 is 2.21 bits per heavy atom. The number of amides is 1. The molecule has 19 heavy (non-hydrogen) atoms. The Balaban J connectivity index is 2.24. The third-order valence-electron chi connectivity index (χ3n) is 2.63. The standard InChI is InChI=1S/C12H15N5O2/c1-9(18)13-7-8-17-12(19)16(2)11(15-17)10-5-3-4-6-14-10/h3-6H,7-8H2,1-2H3,(H,13,18). The number of nitrogens with one attached hydrogen (secondary N) is 1. The van der Waals surface area contributed by atoms with Gasteiger partial charge in [-0.25, -0.2) is 9.48 Å². The van der Waals surface area contributed by atoms with Crippen molar-refractivity contribution in [3.63, 3.8) is 0 Å². The minimum atomic E-state index is -0.231. The Bertz CT molecular complexity index is 629. The molecule has 0 saturated carbocycles. The lowest BCUT2D eigenvalue weighted by atomic mass is 10.3. The van der Waals surface area contributed by atoms with E-state index in [1.807, 2.05) is 6.07 Å². The lowest BCUT2D eigenvalue weighted by Crippen LogP contribution is -2.30. The molecule has 2 rings (SSSR count). The van der Waals surface area contributed by atoms with Gasteiger partial charge >= 0.3 is 5.69 Å². The number of pyridine rings is 1. The maximum Gasteiger partial charge on any atom is 0.346 e. The van der Waals surface area contributed by atoms with E-state index in [9.17, 15) is 9.59 Å². The van der Waals surface area contributed by atoms with Crippen LogP contribution in [0.3, 0.4) is 0 Å². The van der Waals surface area contributed by atoms with Crippen molar-refractivity contribution in [3.8, 4) is 11.5 Å². The number of hydrogen-bond acceptors (Lipinski definition) is 4. The molecule has 1 N–H and O–H groups in total. The van der Waals surface area contributed by atoms with Gasteiger partial charge in [-0.05, 0) is 12.1 Å². The van der Waals surface area contributed by atoms with Gasteiger partial charge in [-0.2, -0.15) is 0 Å². The predicted molar refractivity (Wildman–Crippen MR) is 69.4 cm³/mol. The molecule has 0 unspecified atom stereocenters. The summed E-state index contributed by atoms with van der Waals surface area (Å²) >= 11 is 0. The van der Waals surface area contributed by atoms with Gasteiger partial charge in [0, 0.05) is 26.7 Å². The summed E-state index contributed by atoms with van der Waals surface area (Å²) in [6.07, 6.45) is 1.65. The van der Waals surface area contributed by atoms with Gasteiger partial charge in [0.15, 0.2) is 5.82 Å². The fourth-order valence-corrected chi connectivity index (χ4v) is 1.69.